The summed E-state index contributed by atoms with van der Waals surface area (Å²) in [6.07, 6.45) is 7.11. The van der Waals surface area contributed by atoms with Crippen molar-refractivity contribution in [2.75, 3.05) is 75.1 Å². The molecule has 0 spiro atoms. The zero-order valence-electron chi connectivity index (χ0n) is 20.9. The lowest BCUT2D eigenvalue weighted by Crippen LogP contribution is -2.46. The number of carbonyl (C=O) groups is 1. The van der Waals surface area contributed by atoms with Gasteiger partial charge in [0, 0.05) is 64.9 Å². The lowest BCUT2D eigenvalue weighted by molar-refractivity contribution is 0.0816. The predicted octanol–water partition coefficient (Wildman–Crippen LogP) is 2.54. The smallest absolute Gasteiger partial charge is 0.272 e. The van der Waals surface area contributed by atoms with Gasteiger partial charge in [0.05, 0.1) is 11.9 Å². The quantitative estimate of drug-likeness (QED) is 0.580. The number of anilines is 3. The zero-order valence-corrected chi connectivity index (χ0v) is 20.9. The highest BCUT2D eigenvalue weighted by Crippen LogP contribution is 2.24. The van der Waals surface area contributed by atoms with Crippen molar-refractivity contribution >= 4 is 34.4 Å². The van der Waals surface area contributed by atoms with E-state index in [1.165, 1.54) is 6.42 Å². The van der Waals surface area contributed by atoms with E-state index in [1.54, 1.807) is 25.2 Å². The molecule has 1 amide bonds. The molecule has 2 saturated heterocycles. The third kappa shape index (κ3) is 4.88. The summed E-state index contributed by atoms with van der Waals surface area (Å²) in [7, 11) is 3.55. The molecule has 10 nitrogen and oxygen atoms in total. The van der Waals surface area contributed by atoms with E-state index in [0.29, 0.717) is 17.5 Å². The van der Waals surface area contributed by atoms with Crippen LogP contribution in [0.25, 0.3) is 11.0 Å². The highest BCUT2D eigenvalue weighted by molar-refractivity contribution is 5.98. The lowest BCUT2D eigenvalue weighted by Gasteiger charge is -2.35. The number of amides is 1. The summed E-state index contributed by atoms with van der Waals surface area (Å²) in [5.41, 5.74) is 2.48. The number of likely N-dealkylation sites (N-methyl/N-ethyl adjacent to an activating group) is 1. The van der Waals surface area contributed by atoms with Gasteiger partial charge < -0.3 is 25.0 Å². The number of nitrogens with one attached hydrogen (secondary N) is 1. The third-order valence-corrected chi connectivity index (χ3v) is 6.93. The Kier molecular flexibility index (Phi) is 6.72. The fraction of sp³-hybridized carbons (Fsp3) is 0.520. The molecule has 0 radical (unpaired) electrons. The van der Waals surface area contributed by atoms with Crippen LogP contribution in [0.1, 0.15) is 36.7 Å². The molecular weight excluding hydrogens is 442 g/mol. The van der Waals surface area contributed by atoms with Crippen LogP contribution in [0.2, 0.25) is 0 Å². The van der Waals surface area contributed by atoms with Crippen LogP contribution in [-0.2, 0) is 0 Å². The van der Waals surface area contributed by atoms with Crippen LogP contribution < -0.4 is 15.2 Å². The van der Waals surface area contributed by atoms with E-state index in [4.69, 9.17) is 4.98 Å². The summed E-state index contributed by atoms with van der Waals surface area (Å²) < 4.78 is 1.98. The fourth-order valence-corrected chi connectivity index (χ4v) is 4.87. The molecule has 2 aliphatic rings. The molecule has 3 aromatic heterocycles. The van der Waals surface area contributed by atoms with Gasteiger partial charge >= 0.3 is 0 Å². The Morgan fingerprint density at radius 1 is 1.00 bits per heavy atom. The van der Waals surface area contributed by atoms with Crippen molar-refractivity contribution < 1.29 is 4.79 Å². The van der Waals surface area contributed by atoms with Crippen molar-refractivity contribution in [1.29, 1.82) is 0 Å². The number of pyridine rings is 1. The maximum Gasteiger partial charge on any atom is 0.272 e. The van der Waals surface area contributed by atoms with E-state index < -0.39 is 0 Å². The number of rotatable bonds is 6. The number of nitrogens with zero attached hydrogens (tertiary/aromatic N) is 8. The molecule has 3 aromatic rings. The Morgan fingerprint density at radius 2 is 1.77 bits per heavy atom. The second-order valence-corrected chi connectivity index (χ2v) is 9.48. The zero-order chi connectivity index (χ0) is 24.4. The van der Waals surface area contributed by atoms with Crippen molar-refractivity contribution in [3.05, 3.63) is 36.3 Å². The summed E-state index contributed by atoms with van der Waals surface area (Å²) >= 11 is 0. The Hall–Kier alpha value is -3.40. The first-order valence-electron chi connectivity index (χ1n) is 12.6. The van der Waals surface area contributed by atoms with Crippen LogP contribution in [0.5, 0.6) is 0 Å². The fourth-order valence-electron chi connectivity index (χ4n) is 4.87. The lowest BCUT2D eigenvalue weighted by atomic mass is 10.2. The first kappa shape index (κ1) is 23.3. The molecule has 0 aromatic carbocycles. The van der Waals surface area contributed by atoms with Crippen LogP contribution in [0.3, 0.4) is 0 Å². The van der Waals surface area contributed by atoms with Gasteiger partial charge in [0.1, 0.15) is 11.5 Å². The molecule has 0 aliphatic carbocycles. The normalized spacial score (nSPS) is 17.1. The van der Waals surface area contributed by atoms with Crippen molar-refractivity contribution in [2.45, 2.75) is 26.2 Å². The minimum atomic E-state index is -0.0416. The van der Waals surface area contributed by atoms with Gasteiger partial charge in [-0.05, 0) is 44.0 Å². The van der Waals surface area contributed by atoms with Gasteiger partial charge in [-0.2, -0.15) is 4.98 Å². The summed E-state index contributed by atoms with van der Waals surface area (Å²) in [5, 5.41) is 6.32. The number of hydrogen-bond donors (Lipinski definition) is 1. The molecule has 186 valence electrons. The Bertz CT molecular complexity index is 1160. The topological polar surface area (TPSA) is 85.7 Å². The van der Waals surface area contributed by atoms with Crippen LogP contribution in [0.15, 0.2) is 30.6 Å². The van der Waals surface area contributed by atoms with Crippen LogP contribution in [-0.4, -0.2) is 95.2 Å². The molecule has 5 rings (SSSR count). The van der Waals surface area contributed by atoms with Crippen molar-refractivity contribution in [3.8, 4) is 0 Å². The van der Waals surface area contributed by atoms with E-state index in [9.17, 15) is 4.79 Å². The maximum atomic E-state index is 12.9. The molecule has 10 heteroatoms. The SMILES string of the molecule is CCN1CCN(c2ccc(Nc3ncc4cc(C(=O)N(C)C)n(N5CCCCC5)c4n3)nc2)CC1. The van der Waals surface area contributed by atoms with E-state index in [-0.39, 0.29) is 5.91 Å². The Labute approximate surface area is 206 Å². The number of fused-ring (bicyclic) bond motifs is 1. The molecule has 0 unspecified atom stereocenters. The summed E-state index contributed by atoms with van der Waals surface area (Å²) in [6.45, 7) is 9.32. The van der Waals surface area contributed by atoms with E-state index >= 15 is 0 Å². The first-order chi connectivity index (χ1) is 17.0. The van der Waals surface area contributed by atoms with Crippen LogP contribution in [0, 0.1) is 0 Å². The molecule has 2 aliphatic heterocycles. The van der Waals surface area contributed by atoms with Crippen LogP contribution >= 0.6 is 0 Å². The van der Waals surface area contributed by atoms with Crippen molar-refractivity contribution in [3.63, 3.8) is 0 Å². The minimum Gasteiger partial charge on any atom is -0.368 e. The van der Waals surface area contributed by atoms with Crippen molar-refractivity contribution in [1.82, 2.24) is 29.4 Å². The van der Waals surface area contributed by atoms with E-state index in [2.05, 4.69) is 43.1 Å². The molecule has 5 heterocycles. The number of carbonyl (C=O) groups excluding carboxylic acids is 1. The monoisotopic (exact) mass is 477 g/mol. The van der Waals surface area contributed by atoms with Gasteiger partial charge in [-0.3, -0.25) is 4.79 Å². The summed E-state index contributed by atoms with van der Waals surface area (Å²) in [6, 6.07) is 5.96. The van der Waals surface area contributed by atoms with Crippen molar-refractivity contribution in [2.24, 2.45) is 0 Å². The van der Waals surface area contributed by atoms with E-state index in [1.807, 2.05) is 23.0 Å². The number of aromatic nitrogens is 4. The van der Waals surface area contributed by atoms with Gasteiger partial charge in [0.15, 0.2) is 5.65 Å². The average Bonchev–Trinajstić information content (AvgIpc) is 3.28. The molecular formula is C25H35N9O. The van der Waals surface area contributed by atoms with Gasteiger partial charge in [0.2, 0.25) is 5.95 Å². The largest absolute Gasteiger partial charge is 0.368 e. The Balaban J connectivity index is 1.38. The molecule has 0 saturated carbocycles. The van der Waals surface area contributed by atoms with Gasteiger partial charge in [0.25, 0.3) is 5.91 Å². The second kappa shape index (κ2) is 10.1. The number of piperazine rings is 1. The standard InChI is InChI=1S/C25H35N9O/c1-4-31-12-14-32(15-13-31)20-8-9-22(26-18-20)28-25-27-17-19-16-21(24(35)30(2)3)34(23(19)29-25)33-10-6-5-7-11-33/h8-9,16-18H,4-7,10-15H2,1-3H3,(H,26,27,28,29). The maximum absolute atomic E-state index is 12.9. The molecule has 35 heavy (non-hydrogen) atoms. The summed E-state index contributed by atoms with van der Waals surface area (Å²) in [5.74, 6) is 1.12. The predicted molar refractivity (Wildman–Crippen MR) is 139 cm³/mol. The molecule has 0 atom stereocenters. The number of piperidine rings is 1. The van der Waals surface area contributed by atoms with E-state index in [0.717, 1.165) is 75.4 Å². The molecule has 2 fully saturated rings. The molecule has 0 bridgehead atoms. The van der Waals surface area contributed by atoms with Crippen LogP contribution in [0.4, 0.5) is 17.5 Å². The molecule has 1 N–H and O–H groups in total. The average molecular weight is 478 g/mol. The summed E-state index contributed by atoms with van der Waals surface area (Å²) in [4.78, 5) is 33.3. The van der Waals surface area contributed by atoms with Gasteiger partial charge in [-0.15, -0.1) is 0 Å². The highest BCUT2D eigenvalue weighted by Gasteiger charge is 2.24. The Morgan fingerprint density at radius 3 is 2.43 bits per heavy atom. The number of hydrogen-bond acceptors (Lipinski definition) is 8. The highest BCUT2D eigenvalue weighted by atomic mass is 16.2. The third-order valence-electron chi connectivity index (χ3n) is 6.93. The minimum absolute atomic E-state index is 0.0416. The first-order valence-corrected chi connectivity index (χ1v) is 12.6. The van der Waals surface area contributed by atoms with Gasteiger partial charge in [-0.1, -0.05) is 6.92 Å². The second-order valence-electron chi connectivity index (χ2n) is 9.48. The van der Waals surface area contributed by atoms with Gasteiger partial charge in [-0.25, -0.2) is 14.6 Å².